The van der Waals surface area contributed by atoms with Crippen LogP contribution in [-0.2, 0) is 11.2 Å². The molecule has 0 heterocycles. The number of benzene rings is 2. The number of nitrogens with one attached hydrogen (secondary N) is 1. The van der Waals surface area contributed by atoms with Crippen molar-refractivity contribution in [2.75, 3.05) is 7.11 Å². The molecule has 22 heavy (non-hydrogen) atoms. The van der Waals surface area contributed by atoms with Crippen molar-refractivity contribution in [3.05, 3.63) is 65.7 Å². The standard InChI is InChI=1S/C17H18N2O3/c1-22-14-9-7-12(8-10-14)11-15(16(18)20)19-17(21)13-5-3-2-4-6-13/h2-10,15H,11H2,1H3,(H2,18,20)(H,19,21)/t15-/m0/s1. The molecule has 2 aromatic carbocycles. The fourth-order valence-electron chi connectivity index (χ4n) is 2.05. The number of carbonyl (C=O) groups excluding carboxylic acids is 2. The van der Waals surface area contributed by atoms with Gasteiger partial charge >= 0.3 is 0 Å². The summed E-state index contributed by atoms with van der Waals surface area (Å²) in [6, 6.07) is 15.2. The Bertz CT molecular complexity index is 639. The van der Waals surface area contributed by atoms with Gasteiger partial charge in [0, 0.05) is 12.0 Å². The molecule has 0 aliphatic heterocycles. The summed E-state index contributed by atoms with van der Waals surface area (Å²) < 4.78 is 5.08. The van der Waals surface area contributed by atoms with Crippen molar-refractivity contribution in [2.45, 2.75) is 12.5 Å². The van der Waals surface area contributed by atoms with Gasteiger partial charge in [-0.1, -0.05) is 30.3 Å². The lowest BCUT2D eigenvalue weighted by molar-refractivity contribution is -0.119. The second-order valence-electron chi connectivity index (χ2n) is 4.85. The van der Waals surface area contributed by atoms with Gasteiger partial charge < -0.3 is 15.8 Å². The predicted octanol–water partition coefficient (Wildman–Crippen LogP) is 1.52. The first kappa shape index (κ1) is 15.6. The Morgan fingerprint density at radius 3 is 2.27 bits per heavy atom. The molecule has 3 N–H and O–H groups in total. The topological polar surface area (TPSA) is 81.4 Å². The number of hydrogen-bond acceptors (Lipinski definition) is 3. The van der Waals surface area contributed by atoms with Crippen LogP contribution in [0.3, 0.4) is 0 Å². The molecule has 0 aliphatic carbocycles. The molecule has 5 nitrogen and oxygen atoms in total. The van der Waals surface area contributed by atoms with E-state index in [4.69, 9.17) is 10.5 Å². The molecule has 0 radical (unpaired) electrons. The van der Waals surface area contributed by atoms with E-state index in [1.807, 2.05) is 18.2 Å². The van der Waals surface area contributed by atoms with Crippen LogP contribution in [0.5, 0.6) is 5.75 Å². The third kappa shape index (κ3) is 4.09. The van der Waals surface area contributed by atoms with Gasteiger partial charge in [-0.2, -0.15) is 0 Å². The van der Waals surface area contributed by atoms with E-state index < -0.39 is 11.9 Å². The summed E-state index contributed by atoms with van der Waals surface area (Å²) in [5.74, 6) is -0.161. The lowest BCUT2D eigenvalue weighted by Crippen LogP contribution is -2.45. The Labute approximate surface area is 129 Å². The van der Waals surface area contributed by atoms with Crippen LogP contribution in [0.4, 0.5) is 0 Å². The molecular weight excluding hydrogens is 280 g/mol. The van der Waals surface area contributed by atoms with E-state index in [1.54, 1.807) is 43.5 Å². The molecule has 0 spiro atoms. The first-order valence-corrected chi connectivity index (χ1v) is 6.88. The summed E-state index contributed by atoms with van der Waals surface area (Å²) in [6.45, 7) is 0. The van der Waals surface area contributed by atoms with Crippen LogP contribution in [0.1, 0.15) is 15.9 Å². The summed E-state index contributed by atoms with van der Waals surface area (Å²) in [5.41, 5.74) is 6.76. The van der Waals surface area contributed by atoms with Gasteiger partial charge in [-0.15, -0.1) is 0 Å². The number of ether oxygens (including phenoxy) is 1. The molecule has 114 valence electrons. The summed E-state index contributed by atoms with van der Waals surface area (Å²) in [7, 11) is 1.58. The third-order valence-corrected chi connectivity index (χ3v) is 3.28. The smallest absolute Gasteiger partial charge is 0.251 e. The Balaban J connectivity index is 2.06. The number of nitrogens with two attached hydrogens (primary N) is 1. The average molecular weight is 298 g/mol. The number of rotatable bonds is 6. The number of primary amides is 1. The van der Waals surface area contributed by atoms with Gasteiger partial charge in [0.25, 0.3) is 5.91 Å². The highest BCUT2D eigenvalue weighted by molar-refractivity contribution is 5.97. The zero-order valence-electron chi connectivity index (χ0n) is 12.3. The zero-order chi connectivity index (χ0) is 15.9. The zero-order valence-corrected chi connectivity index (χ0v) is 12.3. The van der Waals surface area contributed by atoms with E-state index in [0.717, 1.165) is 11.3 Å². The van der Waals surface area contributed by atoms with Crippen LogP contribution >= 0.6 is 0 Å². The van der Waals surface area contributed by atoms with Gasteiger partial charge in [0.2, 0.25) is 5.91 Å². The van der Waals surface area contributed by atoms with E-state index in [-0.39, 0.29) is 5.91 Å². The summed E-state index contributed by atoms with van der Waals surface area (Å²) in [6.07, 6.45) is 0.331. The monoisotopic (exact) mass is 298 g/mol. The minimum absolute atomic E-state index is 0.321. The molecule has 2 amide bonds. The lowest BCUT2D eigenvalue weighted by Gasteiger charge is -2.16. The summed E-state index contributed by atoms with van der Waals surface area (Å²) in [4.78, 5) is 23.7. The first-order chi connectivity index (χ1) is 10.6. The largest absolute Gasteiger partial charge is 0.497 e. The highest BCUT2D eigenvalue weighted by Crippen LogP contribution is 2.13. The van der Waals surface area contributed by atoms with Crippen LogP contribution in [0.15, 0.2) is 54.6 Å². The van der Waals surface area contributed by atoms with E-state index in [1.165, 1.54) is 0 Å². The lowest BCUT2D eigenvalue weighted by atomic mass is 10.0. The molecule has 0 fully saturated rings. The molecule has 1 atom stereocenters. The maximum Gasteiger partial charge on any atom is 0.251 e. The van der Waals surface area contributed by atoms with E-state index in [0.29, 0.717) is 12.0 Å². The number of carbonyl (C=O) groups is 2. The molecule has 0 aromatic heterocycles. The highest BCUT2D eigenvalue weighted by Gasteiger charge is 2.19. The molecule has 0 saturated carbocycles. The van der Waals surface area contributed by atoms with Gasteiger partial charge in [0.15, 0.2) is 0 Å². The molecule has 0 aliphatic rings. The predicted molar refractivity (Wildman–Crippen MR) is 83.6 cm³/mol. The molecule has 0 unspecified atom stereocenters. The Hall–Kier alpha value is -2.82. The molecule has 2 aromatic rings. The Kier molecular flexibility index (Phi) is 5.14. The van der Waals surface area contributed by atoms with Gasteiger partial charge in [0.1, 0.15) is 11.8 Å². The SMILES string of the molecule is COc1ccc(C[C@H](NC(=O)c2ccccc2)C(N)=O)cc1. The Morgan fingerprint density at radius 1 is 1.09 bits per heavy atom. The second kappa shape index (κ2) is 7.26. The summed E-state index contributed by atoms with van der Waals surface area (Å²) in [5, 5.41) is 2.67. The van der Waals surface area contributed by atoms with Gasteiger partial charge in [0.05, 0.1) is 7.11 Å². The van der Waals surface area contributed by atoms with Crippen molar-refractivity contribution in [2.24, 2.45) is 5.73 Å². The van der Waals surface area contributed by atoms with Crippen molar-refractivity contribution in [3.63, 3.8) is 0 Å². The quantitative estimate of drug-likeness (QED) is 0.848. The van der Waals surface area contributed by atoms with Crippen molar-refractivity contribution in [1.82, 2.24) is 5.32 Å². The average Bonchev–Trinajstić information content (AvgIpc) is 2.55. The van der Waals surface area contributed by atoms with Gasteiger partial charge in [-0.3, -0.25) is 9.59 Å². The Morgan fingerprint density at radius 2 is 1.73 bits per heavy atom. The summed E-state index contributed by atoms with van der Waals surface area (Å²) >= 11 is 0. The molecular formula is C17H18N2O3. The van der Waals surface area contributed by atoms with Crippen LogP contribution in [0, 0.1) is 0 Å². The van der Waals surface area contributed by atoms with E-state index in [9.17, 15) is 9.59 Å². The van der Waals surface area contributed by atoms with Gasteiger partial charge in [-0.05, 0) is 29.8 Å². The first-order valence-electron chi connectivity index (χ1n) is 6.88. The van der Waals surface area contributed by atoms with Crippen LogP contribution in [-0.4, -0.2) is 25.0 Å². The normalized spacial score (nSPS) is 11.5. The fourth-order valence-corrected chi connectivity index (χ4v) is 2.05. The number of amides is 2. The van der Waals surface area contributed by atoms with Gasteiger partial charge in [-0.25, -0.2) is 0 Å². The molecule has 2 rings (SSSR count). The van der Waals surface area contributed by atoms with Crippen molar-refractivity contribution in [1.29, 1.82) is 0 Å². The number of methoxy groups -OCH3 is 1. The van der Waals surface area contributed by atoms with Crippen LogP contribution in [0.25, 0.3) is 0 Å². The maximum absolute atomic E-state index is 12.1. The van der Waals surface area contributed by atoms with E-state index in [2.05, 4.69) is 5.32 Å². The minimum Gasteiger partial charge on any atom is -0.497 e. The maximum atomic E-state index is 12.1. The molecule has 0 bridgehead atoms. The van der Waals surface area contributed by atoms with E-state index >= 15 is 0 Å². The highest BCUT2D eigenvalue weighted by atomic mass is 16.5. The van der Waals surface area contributed by atoms with Crippen molar-refractivity contribution in [3.8, 4) is 5.75 Å². The fraction of sp³-hybridized carbons (Fsp3) is 0.176. The third-order valence-electron chi connectivity index (χ3n) is 3.28. The van der Waals surface area contributed by atoms with Crippen LogP contribution in [0.2, 0.25) is 0 Å². The number of hydrogen-bond donors (Lipinski definition) is 2. The van der Waals surface area contributed by atoms with Crippen molar-refractivity contribution < 1.29 is 14.3 Å². The molecule has 0 saturated heterocycles. The minimum atomic E-state index is -0.763. The molecule has 5 heteroatoms. The van der Waals surface area contributed by atoms with Crippen LogP contribution < -0.4 is 15.8 Å². The second-order valence-corrected chi connectivity index (χ2v) is 4.85. The van der Waals surface area contributed by atoms with Crippen molar-refractivity contribution >= 4 is 11.8 Å².